The Morgan fingerprint density at radius 2 is 1.89 bits per heavy atom. The highest BCUT2D eigenvalue weighted by Crippen LogP contribution is 2.03. The van der Waals surface area contributed by atoms with Crippen molar-refractivity contribution in [3.63, 3.8) is 0 Å². The summed E-state index contributed by atoms with van der Waals surface area (Å²) in [4.78, 5) is 3.75. The first-order valence-corrected chi connectivity index (χ1v) is 3.03. The van der Waals surface area contributed by atoms with Crippen LogP contribution in [0.3, 0.4) is 0 Å². The minimum absolute atomic E-state index is 0.481. The number of aliphatic imine (C=N–C) groups is 1. The Hall–Kier alpha value is -0.500. The molecule has 52 valence electrons. The van der Waals surface area contributed by atoms with Gasteiger partial charge >= 0.3 is 0 Å². The molecule has 0 aromatic rings. The van der Waals surface area contributed by atoms with Crippen molar-refractivity contribution >= 4 is 16.8 Å². The number of nitrogens with two attached hydrogens (primary N) is 1. The summed E-state index contributed by atoms with van der Waals surface area (Å²) in [6.45, 7) is 3.63. The van der Waals surface area contributed by atoms with E-state index in [9.17, 15) is 0 Å². The van der Waals surface area contributed by atoms with Crippen LogP contribution in [0.25, 0.3) is 0 Å². The first-order valence-electron chi connectivity index (χ1n) is 2.65. The normalized spacial score (nSPS) is 15.3. The van der Waals surface area contributed by atoms with Crippen LogP contribution in [-0.2, 0) is 0 Å². The highest BCUT2D eigenvalue weighted by molar-refractivity contribution is 6.69. The quantitative estimate of drug-likeness (QED) is 0.560. The van der Waals surface area contributed by atoms with E-state index in [1.807, 2.05) is 6.92 Å². The third-order valence-corrected chi connectivity index (χ3v) is 1.55. The van der Waals surface area contributed by atoms with Gasteiger partial charge in [-0.15, -0.1) is 0 Å². The third kappa shape index (κ3) is 2.51. The molecule has 0 saturated heterocycles. The van der Waals surface area contributed by atoms with Crippen LogP contribution in [0.1, 0.15) is 13.8 Å². The summed E-state index contributed by atoms with van der Waals surface area (Å²) in [7, 11) is 1.63. The van der Waals surface area contributed by atoms with Gasteiger partial charge in [0, 0.05) is 18.3 Å². The van der Waals surface area contributed by atoms with Crippen LogP contribution in [0.2, 0.25) is 0 Å². The molecule has 0 atom stereocenters. The summed E-state index contributed by atoms with van der Waals surface area (Å²) in [5.74, 6) is 0. The molecule has 9 heavy (non-hydrogen) atoms. The molecule has 0 unspecified atom stereocenters. The van der Waals surface area contributed by atoms with Crippen LogP contribution in [0.5, 0.6) is 0 Å². The number of hydrogen-bond acceptors (Lipinski definition) is 2. The molecule has 2 nitrogen and oxygen atoms in total. The molecule has 0 aromatic heterocycles. The average Bonchev–Trinajstić information content (AvgIpc) is 1.84. The molecule has 0 bridgehead atoms. The first-order chi connectivity index (χ1) is 4.09. The molecule has 0 aromatic carbocycles. The van der Waals surface area contributed by atoms with Gasteiger partial charge in [-0.2, -0.15) is 0 Å². The summed E-state index contributed by atoms with van der Waals surface area (Å²) in [6.07, 6.45) is 0. The number of nitrogens with zero attached hydrogens (tertiary/aromatic N) is 1. The minimum atomic E-state index is 0.481. The molecule has 3 heteroatoms. The van der Waals surface area contributed by atoms with Crippen LogP contribution in [0.15, 0.2) is 16.3 Å². The lowest BCUT2D eigenvalue weighted by Crippen LogP contribution is -2.00. The lowest BCUT2D eigenvalue weighted by Gasteiger charge is -1.97. The van der Waals surface area contributed by atoms with Gasteiger partial charge in [-0.05, 0) is 13.8 Å². The summed E-state index contributed by atoms with van der Waals surface area (Å²) in [6, 6.07) is 0. The molecular weight excluding hydrogens is 136 g/mol. The predicted molar refractivity (Wildman–Crippen MR) is 41.8 cm³/mol. The first kappa shape index (κ1) is 8.50. The molecular formula is C6H11ClN2. The van der Waals surface area contributed by atoms with E-state index >= 15 is 0 Å². The van der Waals surface area contributed by atoms with Gasteiger partial charge in [-0.1, -0.05) is 11.6 Å². The average molecular weight is 147 g/mol. The van der Waals surface area contributed by atoms with Crippen molar-refractivity contribution in [2.75, 3.05) is 7.05 Å². The van der Waals surface area contributed by atoms with Crippen LogP contribution < -0.4 is 5.73 Å². The summed E-state index contributed by atoms with van der Waals surface area (Å²) in [5, 5.41) is 0.481. The topological polar surface area (TPSA) is 38.4 Å². The SMILES string of the molecule is CN=C(Cl)/C(C)=C(/C)N. The highest BCUT2D eigenvalue weighted by Gasteiger charge is 1.96. The third-order valence-electron chi connectivity index (χ3n) is 1.10. The van der Waals surface area contributed by atoms with Crippen LogP contribution >= 0.6 is 11.6 Å². The van der Waals surface area contributed by atoms with E-state index in [1.54, 1.807) is 14.0 Å². The van der Waals surface area contributed by atoms with Gasteiger partial charge in [0.25, 0.3) is 0 Å². The van der Waals surface area contributed by atoms with E-state index < -0.39 is 0 Å². The Balaban J connectivity index is 4.40. The standard InChI is InChI=1S/C6H11ClN2/c1-4(5(2)8)6(7)9-3/h8H2,1-3H3/b5-4-,9-6?. The molecule has 0 aliphatic heterocycles. The zero-order valence-electron chi connectivity index (χ0n) is 5.90. The van der Waals surface area contributed by atoms with Crippen molar-refractivity contribution in [1.29, 1.82) is 0 Å². The Bertz CT molecular complexity index is 154. The lowest BCUT2D eigenvalue weighted by molar-refractivity contribution is 1.25. The van der Waals surface area contributed by atoms with E-state index in [0.29, 0.717) is 10.9 Å². The second-order valence-electron chi connectivity index (χ2n) is 1.82. The molecule has 0 rings (SSSR count). The van der Waals surface area contributed by atoms with E-state index in [0.717, 1.165) is 5.57 Å². The number of halogens is 1. The molecule has 0 amide bonds. The maximum Gasteiger partial charge on any atom is 0.127 e. The van der Waals surface area contributed by atoms with Crippen LogP contribution in [0.4, 0.5) is 0 Å². The fourth-order valence-electron chi connectivity index (χ4n) is 0.330. The van der Waals surface area contributed by atoms with Gasteiger partial charge in [0.05, 0.1) is 0 Å². The summed E-state index contributed by atoms with van der Waals surface area (Å²) >= 11 is 5.62. The van der Waals surface area contributed by atoms with Crippen molar-refractivity contribution < 1.29 is 0 Å². The Labute approximate surface area is 60.4 Å². The maximum atomic E-state index is 5.62. The molecule has 0 radical (unpaired) electrons. The number of rotatable bonds is 1. The second-order valence-corrected chi connectivity index (χ2v) is 2.18. The molecule has 0 spiro atoms. The largest absolute Gasteiger partial charge is 0.402 e. The van der Waals surface area contributed by atoms with Crippen molar-refractivity contribution in [2.24, 2.45) is 10.7 Å². The molecule has 0 aliphatic rings. The maximum absolute atomic E-state index is 5.62. The highest BCUT2D eigenvalue weighted by atomic mass is 35.5. The van der Waals surface area contributed by atoms with E-state index in [1.165, 1.54) is 0 Å². The molecule has 0 saturated carbocycles. The van der Waals surface area contributed by atoms with Gasteiger partial charge in [-0.3, -0.25) is 4.99 Å². The zero-order valence-corrected chi connectivity index (χ0v) is 6.66. The second kappa shape index (κ2) is 3.51. The summed E-state index contributed by atoms with van der Waals surface area (Å²) in [5.41, 5.74) is 6.99. The lowest BCUT2D eigenvalue weighted by atomic mass is 10.3. The van der Waals surface area contributed by atoms with Gasteiger partial charge in [0.2, 0.25) is 0 Å². The summed E-state index contributed by atoms with van der Waals surface area (Å²) < 4.78 is 0. The van der Waals surface area contributed by atoms with E-state index in [4.69, 9.17) is 17.3 Å². The minimum Gasteiger partial charge on any atom is -0.402 e. The van der Waals surface area contributed by atoms with Crippen molar-refractivity contribution in [2.45, 2.75) is 13.8 Å². The zero-order chi connectivity index (χ0) is 7.44. The fourth-order valence-corrected chi connectivity index (χ4v) is 0.479. The Morgan fingerprint density at radius 1 is 1.44 bits per heavy atom. The van der Waals surface area contributed by atoms with Gasteiger partial charge in [0.1, 0.15) is 5.17 Å². The Kier molecular flexibility index (Phi) is 3.32. The Morgan fingerprint density at radius 3 is 2.00 bits per heavy atom. The monoisotopic (exact) mass is 146 g/mol. The molecule has 0 fully saturated rings. The molecule has 2 N–H and O–H groups in total. The van der Waals surface area contributed by atoms with Crippen LogP contribution in [0, 0.1) is 0 Å². The van der Waals surface area contributed by atoms with Crippen LogP contribution in [-0.4, -0.2) is 12.2 Å². The fraction of sp³-hybridized carbons (Fsp3) is 0.500. The van der Waals surface area contributed by atoms with E-state index in [2.05, 4.69) is 4.99 Å². The van der Waals surface area contributed by atoms with Crippen molar-refractivity contribution in [1.82, 2.24) is 0 Å². The van der Waals surface area contributed by atoms with Gasteiger partial charge in [0.15, 0.2) is 0 Å². The molecule has 0 heterocycles. The van der Waals surface area contributed by atoms with Crippen molar-refractivity contribution in [3.8, 4) is 0 Å². The number of hydrogen-bond donors (Lipinski definition) is 1. The van der Waals surface area contributed by atoms with Gasteiger partial charge < -0.3 is 5.73 Å². The smallest absolute Gasteiger partial charge is 0.127 e. The number of allylic oxidation sites excluding steroid dienone is 2. The van der Waals surface area contributed by atoms with Crippen molar-refractivity contribution in [3.05, 3.63) is 11.3 Å². The molecule has 0 aliphatic carbocycles. The van der Waals surface area contributed by atoms with E-state index in [-0.39, 0.29) is 0 Å². The van der Waals surface area contributed by atoms with Gasteiger partial charge in [-0.25, -0.2) is 0 Å². The predicted octanol–water partition coefficient (Wildman–Crippen LogP) is 1.51.